The van der Waals surface area contributed by atoms with E-state index in [4.69, 9.17) is 5.11 Å². The third-order valence-electron chi connectivity index (χ3n) is 1.42. The fraction of sp³-hybridized carbons (Fsp3) is 0.600. The molecule has 1 saturated heterocycles. The minimum Gasteiger partial charge on any atom is -0.481 e. The van der Waals surface area contributed by atoms with Gasteiger partial charge >= 0.3 is 5.97 Å². The molecule has 1 amide bonds. The summed E-state index contributed by atoms with van der Waals surface area (Å²) in [6.45, 7) is -0.311. The zero-order chi connectivity index (χ0) is 7.72. The van der Waals surface area contributed by atoms with Crippen molar-refractivity contribution in [3.63, 3.8) is 0 Å². The number of aliphatic carboxylic acids is 1. The summed E-state index contributed by atoms with van der Waals surface area (Å²) in [5, 5.41) is 8.25. The van der Waals surface area contributed by atoms with Gasteiger partial charge in [0, 0.05) is 6.42 Å². The molecule has 0 saturated carbocycles. The summed E-state index contributed by atoms with van der Waals surface area (Å²) in [5.74, 6) is -2.72. The van der Waals surface area contributed by atoms with E-state index in [1.54, 1.807) is 0 Å². The smallest absolute Gasteiger partial charge is 0.308 e. The van der Waals surface area contributed by atoms with Crippen molar-refractivity contribution in [2.45, 2.75) is 6.42 Å². The van der Waals surface area contributed by atoms with Gasteiger partial charge in [-0.3, -0.25) is 9.59 Å². The number of hydrogen-bond acceptors (Lipinski definition) is 2. The lowest BCUT2D eigenvalue weighted by molar-refractivity contribution is -0.141. The summed E-state index contributed by atoms with van der Waals surface area (Å²) in [4.78, 5) is 20.5. The molecule has 1 unspecified atom stereocenters. The largest absolute Gasteiger partial charge is 0.481 e. The Morgan fingerprint density at radius 3 is 2.60 bits per heavy atom. The molecule has 0 aromatic carbocycles. The van der Waals surface area contributed by atoms with Gasteiger partial charge in [-0.1, -0.05) is 4.48 Å². The third kappa shape index (κ3) is 1.07. The van der Waals surface area contributed by atoms with E-state index in [0.29, 0.717) is 0 Å². The van der Waals surface area contributed by atoms with E-state index in [2.05, 4.69) is 0 Å². The molecular formula is C5H6FNO3. The van der Waals surface area contributed by atoms with Gasteiger partial charge in [0.05, 0.1) is 12.5 Å². The van der Waals surface area contributed by atoms with Crippen LogP contribution in [0.15, 0.2) is 0 Å². The van der Waals surface area contributed by atoms with Gasteiger partial charge in [-0.2, -0.15) is 5.12 Å². The normalized spacial score (nSPS) is 25.5. The Morgan fingerprint density at radius 1 is 1.80 bits per heavy atom. The average Bonchev–Trinajstić information content (AvgIpc) is 2.13. The van der Waals surface area contributed by atoms with Crippen molar-refractivity contribution in [3.8, 4) is 0 Å². The highest BCUT2D eigenvalue weighted by Gasteiger charge is 2.34. The van der Waals surface area contributed by atoms with Crippen LogP contribution in [0.5, 0.6) is 0 Å². The standard InChI is InChI=1S/C5H6FNO3/c6-7-2-3(5(9)10)1-4(7)8/h3H,1-2H2,(H,9,10). The van der Waals surface area contributed by atoms with E-state index in [-0.39, 0.29) is 18.1 Å². The van der Waals surface area contributed by atoms with Gasteiger partial charge in [0.1, 0.15) is 0 Å². The van der Waals surface area contributed by atoms with E-state index >= 15 is 0 Å². The zero-order valence-corrected chi connectivity index (χ0v) is 5.08. The molecule has 0 aliphatic carbocycles. The van der Waals surface area contributed by atoms with Crippen LogP contribution in [-0.4, -0.2) is 28.6 Å². The van der Waals surface area contributed by atoms with E-state index < -0.39 is 17.8 Å². The van der Waals surface area contributed by atoms with Crippen LogP contribution >= 0.6 is 0 Å². The van der Waals surface area contributed by atoms with Gasteiger partial charge < -0.3 is 5.11 Å². The van der Waals surface area contributed by atoms with Gasteiger partial charge in [-0.05, 0) is 0 Å². The summed E-state index contributed by atoms with van der Waals surface area (Å²) < 4.78 is 12.1. The van der Waals surface area contributed by atoms with Crippen molar-refractivity contribution in [3.05, 3.63) is 0 Å². The number of rotatable bonds is 1. The first kappa shape index (κ1) is 6.98. The second kappa shape index (κ2) is 2.24. The molecule has 1 rings (SSSR count). The molecule has 0 spiro atoms. The molecule has 1 heterocycles. The van der Waals surface area contributed by atoms with E-state index in [1.807, 2.05) is 0 Å². The minimum absolute atomic E-state index is 0.0568. The maximum atomic E-state index is 12.1. The molecule has 5 heteroatoms. The van der Waals surface area contributed by atoms with Gasteiger partial charge in [0.15, 0.2) is 0 Å². The highest BCUT2D eigenvalue weighted by atomic mass is 19.2. The summed E-state index contributed by atoms with van der Waals surface area (Å²) >= 11 is 0. The molecule has 4 nitrogen and oxygen atoms in total. The Kier molecular flexibility index (Phi) is 1.57. The van der Waals surface area contributed by atoms with Crippen molar-refractivity contribution < 1.29 is 19.2 Å². The maximum Gasteiger partial charge on any atom is 0.308 e. The fourth-order valence-electron chi connectivity index (χ4n) is 0.835. The minimum atomic E-state index is -1.12. The van der Waals surface area contributed by atoms with Crippen LogP contribution in [0.25, 0.3) is 0 Å². The molecule has 1 aliphatic heterocycles. The Bertz CT molecular complexity index is 182. The van der Waals surface area contributed by atoms with Crippen molar-refractivity contribution in [2.24, 2.45) is 5.92 Å². The van der Waals surface area contributed by atoms with Crippen LogP contribution in [0, 0.1) is 5.92 Å². The molecule has 0 aromatic rings. The van der Waals surface area contributed by atoms with Crippen LogP contribution in [-0.2, 0) is 9.59 Å². The highest BCUT2D eigenvalue weighted by molar-refractivity contribution is 5.85. The maximum absolute atomic E-state index is 12.1. The molecule has 1 fully saturated rings. The number of carbonyl (C=O) groups excluding carboxylic acids is 1. The third-order valence-corrected chi connectivity index (χ3v) is 1.42. The SMILES string of the molecule is O=C(O)C1CC(=O)N(F)C1. The second-order valence-electron chi connectivity index (χ2n) is 2.18. The number of halogens is 1. The number of carbonyl (C=O) groups is 2. The molecule has 0 aromatic heterocycles. The summed E-state index contributed by atoms with van der Waals surface area (Å²) in [6, 6.07) is 0. The van der Waals surface area contributed by atoms with Crippen LogP contribution in [0.2, 0.25) is 0 Å². The number of carboxylic acids is 1. The first-order valence-corrected chi connectivity index (χ1v) is 2.80. The number of nitrogens with zero attached hydrogens (tertiary/aromatic N) is 1. The van der Waals surface area contributed by atoms with Crippen molar-refractivity contribution in [1.29, 1.82) is 0 Å². The van der Waals surface area contributed by atoms with Gasteiger partial charge in [-0.25, -0.2) is 0 Å². The quantitative estimate of drug-likeness (QED) is 0.522. The number of hydrogen-bond donors (Lipinski definition) is 1. The highest BCUT2D eigenvalue weighted by Crippen LogP contribution is 2.17. The van der Waals surface area contributed by atoms with E-state index in [1.165, 1.54) is 0 Å². The van der Waals surface area contributed by atoms with Gasteiger partial charge in [0.25, 0.3) is 5.91 Å². The molecule has 0 bridgehead atoms. The number of carboxylic acid groups (broad SMARTS) is 1. The van der Waals surface area contributed by atoms with Crippen LogP contribution in [0.4, 0.5) is 4.48 Å². The Labute approximate surface area is 56.2 Å². The topological polar surface area (TPSA) is 57.6 Å². The lowest BCUT2D eigenvalue weighted by atomic mass is 10.1. The first-order chi connectivity index (χ1) is 4.61. The Balaban J connectivity index is 2.57. The second-order valence-corrected chi connectivity index (χ2v) is 2.18. The Hall–Kier alpha value is -1.13. The van der Waals surface area contributed by atoms with E-state index in [9.17, 15) is 14.1 Å². The molecule has 1 N–H and O–H groups in total. The summed E-state index contributed by atoms with van der Waals surface area (Å²) in [6.07, 6.45) is -0.216. The summed E-state index contributed by atoms with van der Waals surface area (Å²) in [7, 11) is 0. The van der Waals surface area contributed by atoms with Crippen LogP contribution in [0.1, 0.15) is 6.42 Å². The fourth-order valence-corrected chi connectivity index (χ4v) is 0.835. The molecular weight excluding hydrogens is 141 g/mol. The monoisotopic (exact) mass is 147 g/mol. The van der Waals surface area contributed by atoms with Crippen molar-refractivity contribution >= 4 is 11.9 Å². The molecule has 0 radical (unpaired) electrons. The van der Waals surface area contributed by atoms with Crippen LogP contribution in [0.3, 0.4) is 0 Å². The van der Waals surface area contributed by atoms with E-state index in [0.717, 1.165) is 0 Å². The van der Waals surface area contributed by atoms with Crippen molar-refractivity contribution in [2.75, 3.05) is 6.54 Å². The molecule has 1 atom stereocenters. The Morgan fingerprint density at radius 2 is 2.40 bits per heavy atom. The zero-order valence-electron chi connectivity index (χ0n) is 5.08. The average molecular weight is 147 g/mol. The first-order valence-electron chi connectivity index (χ1n) is 2.80. The lowest BCUT2D eigenvalue weighted by Gasteiger charge is -1.99. The van der Waals surface area contributed by atoms with Crippen molar-refractivity contribution in [1.82, 2.24) is 5.12 Å². The van der Waals surface area contributed by atoms with Gasteiger partial charge in [0.2, 0.25) is 0 Å². The van der Waals surface area contributed by atoms with Crippen LogP contribution < -0.4 is 0 Å². The lowest BCUT2D eigenvalue weighted by Crippen LogP contribution is -2.17. The molecule has 10 heavy (non-hydrogen) atoms. The van der Waals surface area contributed by atoms with Gasteiger partial charge in [-0.15, -0.1) is 0 Å². The predicted molar refractivity (Wildman–Crippen MR) is 28.6 cm³/mol. The summed E-state index contributed by atoms with van der Waals surface area (Å²) in [5.41, 5.74) is 0. The number of amides is 1. The molecule has 56 valence electrons. The molecule has 1 aliphatic rings. The predicted octanol–water partition coefficient (Wildman–Crippen LogP) is -0.196.